The molecule has 0 aliphatic heterocycles. The lowest BCUT2D eigenvalue weighted by atomic mass is 10.2. The van der Waals surface area contributed by atoms with Gasteiger partial charge >= 0.3 is 0 Å². The Morgan fingerprint density at radius 3 is 1.38 bits per heavy atom. The van der Waals surface area contributed by atoms with Crippen LogP contribution in [0.15, 0.2) is 71.0 Å². The number of halogens is 2. The Bertz CT molecular complexity index is 703. The van der Waals surface area contributed by atoms with Crippen LogP contribution in [0.5, 0.6) is 0 Å². The van der Waals surface area contributed by atoms with Gasteiger partial charge in [0.2, 0.25) is 10.3 Å². The Hall–Kier alpha value is -2.27. The van der Waals surface area contributed by atoms with E-state index in [1.54, 1.807) is 36.4 Å². The molecule has 0 bridgehead atoms. The topological polar surface area (TPSA) is 34.1 Å². The van der Waals surface area contributed by atoms with E-state index in [9.17, 15) is 17.2 Å². The Balaban J connectivity index is 2.33. The van der Waals surface area contributed by atoms with E-state index in [1.807, 2.05) is 0 Å². The molecule has 0 fully saturated rings. The minimum atomic E-state index is -4.75. The summed E-state index contributed by atoms with van der Waals surface area (Å²) < 4.78 is 51.1. The average Bonchev–Trinajstić information content (AvgIpc) is 2.49. The van der Waals surface area contributed by atoms with E-state index < -0.39 is 20.2 Å². The summed E-state index contributed by atoms with van der Waals surface area (Å²) in [4.78, 5) is 0. The lowest BCUT2D eigenvalue weighted by Crippen LogP contribution is -2.00. The molecule has 0 unspecified atom stereocenters. The molecule has 0 amide bonds. The summed E-state index contributed by atoms with van der Waals surface area (Å²) in [5.41, 5.74) is 0.678. The molecule has 0 atom stereocenters. The molecule has 2 aromatic rings. The van der Waals surface area contributed by atoms with E-state index >= 15 is 0 Å². The van der Waals surface area contributed by atoms with E-state index in [0.717, 1.165) is 12.2 Å². The first-order valence-corrected chi connectivity index (χ1v) is 7.58. The van der Waals surface area contributed by atoms with E-state index in [-0.39, 0.29) is 0 Å². The largest absolute Gasteiger partial charge is 0.260 e. The van der Waals surface area contributed by atoms with E-state index in [4.69, 9.17) is 0 Å². The molecular formula is C16H12F2O2S. The normalized spacial score (nSPS) is 13.2. The van der Waals surface area contributed by atoms with Crippen LogP contribution in [0.2, 0.25) is 0 Å². The second-order valence-electron chi connectivity index (χ2n) is 4.22. The van der Waals surface area contributed by atoms with Crippen LogP contribution in [-0.4, -0.2) is 8.42 Å². The highest BCUT2D eigenvalue weighted by Gasteiger charge is 2.24. The average molecular weight is 306 g/mol. The smallest absolute Gasteiger partial charge is 0.214 e. The summed E-state index contributed by atoms with van der Waals surface area (Å²) >= 11 is 0. The van der Waals surface area contributed by atoms with Crippen LogP contribution in [0.1, 0.15) is 11.1 Å². The van der Waals surface area contributed by atoms with Crippen molar-refractivity contribution < 1.29 is 17.2 Å². The van der Waals surface area contributed by atoms with E-state index in [1.165, 1.54) is 24.3 Å². The second-order valence-corrected chi connectivity index (χ2v) is 6.01. The number of hydrogen-bond donors (Lipinski definition) is 0. The third-order valence-corrected chi connectivity index (χ3v) is 3.94. The van der Waals surface area contributed by atoms with Gasteiger partial charge in [0, 0.05) is 0 Å². The zero-order valence-corrected chi connectivity index (χ0v) is 11.7. The van der Waals surface area contributed by atoms with Crippen molar-refractivity contribution in [1.29, 1.82) is 0 Å². The summed E-state index contributed by atoms with van der Waals surface area (Å²) in [5, 5.41) is -3.06. The van der Waals surface area contributed by atoms with Gasteiger partial charge in [-0.05, 0) is 23.3 Å². The van der Waals surface area contributed by atoms with Crippen molar-refractivity contribution in [2.45, 2.75) is 0 Å². The highest BCUT2D eigenvalue weighted by molar-refractivity contribution is 7.98. The molecular weight excluding hydrogens is 294 g/mol. The third-order valence-electron chi connectivity index (χ3n) is 2.67. The van der Waals surface area contributed by atoms with Crippen LogP contribution < -0.4 is 0 Å². The molecule has 2 rings (SSSR count). The van der Waals surface area contributed by atoms with Crippen molar-refractivity contribution in [3.05, 3.63) is 82.1 Å². The lowest BCUT2D eigenvalue weighted by molar-refractivity contribution is 0.565. The fourth-order valence-electron chi connectivity index (χ4n) is 1.61. The van der Waals surface area contributed by atoms with Gasteiger partial charge in [-0.1, -0.05) is 60.7 Å². The van der Waals surface area contributed by atoms with Crippen LogP contribution in [0.25, 0.3) is 12.2 Å². The minimum absolute atomic E-state index is 0.339. The first-order valence-electron chi connectivity index (χ1n) is 6.10. The van der Waals surface area contributed by atoms with Crippen molar-refractivity contribution in [2.24, 2.45) is 0 Å². The minimum Gasteiger partial charge on any atom is -0.214 e. The van der Waals surface area contributed by atoms with Crippen molar-refractivity contribution >= 4 is 22.0 Å². The van der Waals surface area contributed by atoms with Gasteiger partial charge in [-0.3, -0.25) is 0 Å². The van der Waals surface area contributed by atoms with Crippen molar-refractivity contribution in [2.75, 3.05) is 0 Å². The monoisotopic (exact) mass is 306 g/mol. The highest BCUT2D eigenvalue weighted by atomic mass is 32.2. The summed E-state index contributed by atoms with van der Waals surface area (Å²) in [7, 11) is -4.75. The van der Waals surface area contributed by atoms with Crippen LogP contribution in [0, 0.1) is 0 Å². The molecule has 0 spiro atoms. The molecule has 0 aromatic heterocycles. The molecule has 0 heterocycles. The zero-order valence-electron chi connectivity index (χ0n) is 10.9. The van der Waals surface area contributed by atoms with Crippen LogP contribution in [-0.2, 0) is 9.84 Å². The Labute approximate surface area is 122 Å². The maximum Gasteiger partial charge on any atom is 0.260 e. The number of benzene rings is 2. The van der Waals surface area contributed by atoms with Gasteiger partial charge < -0.3 is 0 Å². The molecule has 0 saturated carbocycles. The van der Waals surface area contributed by atoms with Crippen LogP contribution in [0.3, 0.4) is 0 Å². The van der Waals surface area contributed by atoms with Crippen molar-refractivity contribution in [3.8, 4) is 0 Å². The highest BCUT2D eigenvalue weighted by Crippen LogP contribution is 2.24. The molecule has 2 aromatic carbocycles. The predicted octanol–water partition coefficient (Wildman–Crippen LogP) is 4.34. The van der Waals surface area contributed by atoms with Crippen molar-refractivity contribution in [3.63, 3.8) is 0 Å². The molecule has 0 N–H and O–H groups in total. The van der Waals surface area contributed by atoms with Crippen LogP contribution in [0.4, 0.5) is 8.78 Å². The van der Waals surface area contributed by atoms with Gasteiger partial charge in [-0.25, -0.2) is 8.42 Å². The van der Waals surface area contributed by atoms with Gasteiger partial charge in [0.15, 0.2) is 0 Å². The molecule has 2 nitrogen and oxygen atoms in total. The number of rotatable bonds is 4. The molecule has 0 saturated heterocycles. The van der Waals surface area contributed by atoms with Gasteiger partial charge in [0.25, 0.3) is 9.84 Å². The molecule has 21 heavy (non-hydrogen) atoms. The van der Waals surface area contributed by atoms with E-state index in [2.05, 4.69) is 0 Å². The summed E-state index contributed by atoms with van der Waals surface area (Å²) in [6.07, 6.45) is 1.57. The lowest BCUT2D eigenvalue weighted by Gasteiger charge is -2.00. The second kappa shape index (κ2) is 6.45. The fraction of sp³-hybridized carbons (Fsp3) is 0. The number of sulfone groups is 1. The van der Waals surface area contributed by atoms with Gasteiger partial charge in [-0.15, -0.1) is 0 Å². The fourth-order valence-corrected chi connectivity index (χ4v) is 2.38. The first-order chi connectivity index (χ1) is 10.00. The predicted molar refractivity (Wildman–Crippen MR) is 80.0 cm³/mol. The maximum absolute atomic E-state index is 13.8. The Kier molecular flexibility index (Phi) is 4.65. The first kappa shape index (κ1) is 15.1. The Morgan fingerprint density at radius 1 is 0.714 bits per heavy atom. The van der Waals surface area contributed by atoms with Gasteiger partial charge in [-0.2, -0.15) is 8.78 Å². The zero-order chi connectivity index (χ0) is 15.3. The summed E-state index contributed by atoms with van der Waals surface area (Å²) in [6, 6.07) is 16.0. The summed E-state index contributed by atoms with van der Waals surface area (Å²) in [5.74, 6) is 0. The SMILES string of the molecule is O=S(=O)(C(F)=Cc1ccccc1)C(F)=Cc1ccccc1. The maximum atomic E-state index is 13.8. The number of hydrogen-bond acceptors (Lipinski definition) is 2. The van der Waals surface area contributed by atoms with Crippen molar-refractivity contribution in [1.82, 2.24) is 0 Å². The quantitative estimate of drug-likeness (QED) is 0.842. The summed E-state index contributed by atoms with van der Waals surface area (Å²) in [6.45, 7) is 0. The molecule has 0 aliphatic rings. The van der Waals surface area contributed by atoms with Gasteiger partial charge in [0.05, 0.1) is 0 Å². The third kappa shape index (κ3) is 3.86. The molecule has 0 radical (unpaired) electrons. The molecule has 0 aliphatic carbocycles. The van der Waals surface area contributed by atoms with Crippen LogP contribution >= 0.6 is 0 Å². The Morgan fingerprint density at radius 2 is 1.05 bits per heavy atom. The molecule has 5 heteroatoms. The standard InChI is InChI=1S/C16H12F2O2S/c17-15(11-13-7-3-1-4-8-13)21(19,20)16(18)12-14-9-5-2-6-10-14/h1-12H. The van der Waals surface area contributed by atoms with Gasteiger partial charge in [0.1, 0.15) is 0 Å². The molecule has 108 valence electrons. The van der Waals surface area contributed by atoms with E-state index in [0.29, 0.717) is 11.1 Å².